The van der Waals surface area contributed by atoms with E-state index < -0.39 is 11.8 Å². The van der Waals surface area contributed by atoms with Crippen molar-refractivity contribution in [1.29, 1.82) is 0 Å². The fourth-order valence-corrected chi connectivity index (χ4v) is 3.75. The molecule has 1 N–H and O–H groups in total. The van der Waals surface area contributed by atoms with Gasteiger partial charge in [0, 0.05) is 25.2 Å². The lowest BCUT2D eigenvalue weighted by Crippen LogP contribution is -2.50. The monoisotopic (exact) mass is 309 g/mol. The van der Waals surface area contributed by atoms with E-state index in [-0.39, 0.29) is 11.4 Å². The molecule has 0 aromatic heterocycles. The summed E-state index contributed by atoms with van der Waals surface area (Å²) in [4.78, 5) is 23.4. The molecule has 22 heavy (non-hydrogen) atoms. The first-order valence-electron chi connectivity index (χ1n) is 8.25. The van der Waals surface area contributed by atoms with Crippen molar-refractivity contribution in [1.82, 2.24) is 5.32 Å². The second kappa shape index (κ2) is 7.16. The lowest BCUT2D eigenvalue weighted by atomic mass is 9.84. The standard InChI is InChI=1S/C17H27NO4/c1-3-8-16(9-4-5-10-16)13-21-15(20)18-17(22-14(2)19)11-6-7-12-17/h3H,1,4-13H2,2H3,(H,18,20). The van der Waals surface area contributed by atoms with Crippen molar-refractivity contribution in [3.63, 3.8) is 0 Å². The van der Waals surface area contributed by atoms with Gasteiger partial charge in [-0.25, -0.2) is 4.79 Å². The first-order chi connectivity index (χ1) is 10.5. The van der Waals surface area contributed by atoms with Crippen LogP contribution in [0.2, 0.25) is 0 Å². The summed E-state index contributed by atoms with van der Waals surface area (Å²) in [6.45, 7) is 5.58. The number of carbonyl (C=O) groups excluding carboxylic acids is 2. The van der Waals surface area contributed by atoms with Gasteiger partial charge in [0.15, 0.2) is 5.72 Å². The van der Waals surface area contributed by atoms with Crippen molar-refractivity contribution in [2.45, 2.75) is 70.4 Å². The molecule has 1 amide bonds. The number of amides is 1. The highest BCUT2D eigenvalue weighted by molar-refractivity contribution is 5.70. The number of alkyl carbamates (subject to hydrolysis) is 1. The molecule has 2 rings (SSSR count). The van der Waals surface area contributed by atoms with E-state index in [1.807, 2.05) is 6.08 Å². The first kappa shape index (κ1) is 16.8. The van der Waals surface area contributed by atoms with Gasteiger partial charge in [0.1, 0.15) is 0 Å². The van der Waals surface area contributed by atoms with Gasteiger partial charge in [-0.05, 0) is 32.1 Å². The van der Waals surface area contributed by atoms with Crippen molar-refractivity contribution >= 4 is 12.1 Å². The molecule has 0 heterocycles. The maximum absolute atomic E-state index is 12.1. The Hall–Kier alpha value is -1.52. The van der Waals surface area contributed by atoms with E-state index in [4.69, 9.17) is 9.47 Å². The van der Waals surface area contributed by atoms with Crippen LogP contribution >= 0.6 is 0 Å². The summed E-state index contributed by atoms with van der Waals surface area (Å²) >= 11 is 0. The SMILES string of the molecule is C=CCC1(COC(=O)NC2(OC(C)=O)CCCC2)CCCC1. The molecule has 0 spiro atoms. The summed E-state index contributed by atoms with van der Waals surface area (Å²) in [5, 5.41) is 2.78. The molecule has 2 aliphatic carbocycles. The van der Waals surface area contributed by atoms with E-state index in [0.29, 0.717) is 19.4 Å². The zero-order valence-electron chi connectivity index (χ0n) is 13.5. The normalized spacial score (nSPS) is 22.0. The number of esters is 1. The van der Waals surface area contributed by atoms with Crippen LogP contribution in [0.5, 0.6) is 0 Å². The largest absolute Gasteiger partial charge is 0.449 e. The Balaban J connectivity index is 1.88. The van der Waals surface area contributed by atoms with Gasteiger partial charge in [0.05, 0.1) is 6.61 Å². The molecule has 0 aliphatic heterocycles. The highest BCUT2D eigenvalue weighted by Crippen LogP contribution is 2.41. The summed E-state index contributed by atoms with van der Waals surface area (Å²) in [6.07, 6.45) is 9.97. The molecular formula is C17H27NO4. The molecule has 0 unspecified atom stereocenters. The molecule has 0 atom stereocenters. The second-order valence-electron chi connectivity index (χ2n) is 6.70. The fourth-order valence-electron chi connectivity index (χ4n) is 3.75. The smallest absolute Gasteiger partial charge is 0.410 e. The van der Waals surface area contributed by atoms with E-state index in [1.54, 1.807) is 0 Å². The van der Waals surface area contributed by atoms with Crippen molar-refractivity contribution in [3.8, 4) is 0 Å². The second-order valence-corrected chi connectivity index (χ2v) is 6.70. The Morgan fingerprint density at radius 3 is 2.27 bits per heavy atom. The molecule has 0 bridgehead atoms. The zero-order valence-corrected chi connectivity index (χ0v) is 13.5. The van der Waals surface area contributed by atoms with Crippen LogP contribution in [0.1, 0.15) is 64.7 Å². The number of rotatable bonds is 6. The summed E-state index contributed by atoms with van der Waals surface area (Å²) in [7, 11) is 0. The summed E-state index contributed by atoms with van der Waals surface area (Å²) in [5.74, 6) is -0.374. The average molecular weight is 309 g/mol. The zero-order chi connectivity index (χ0) is 16.1. The van der Waals surface area contributed by atoms with Crippen molar-refractivity contribution in [3.05, 3.63) is 12.7 Å². The molecule has 0 aromatic rings. The maximum atomic E-state index is 12.1. The molecule has 5 heteroatoms. The summed E-state index contributed by atoms with van der Waals surface area (Å²) in [6, 6.07) is 0. The lowest BCUT2D eigenvalue weighted by Gasteiger charge is -2.31. The van der Waals surface area contributed by atoms with Crippen molar-refractivity contribution in [2.75, 3.05) is 6.61 Å². The number of hydrogen-bond donors (Lipinski definition) is 1. The van der Waals surface area contributed by atoms with Gasteiger partial charge in [-0.1, -0.05) is 18.9 Å². The van der Waals surface area contributed by atoms with Gasteiger partial charge in [-0.2, -0.15) is 0 Å². The molecule has 0 aromatic carbocycles. The minimum atomic E-state index is -0.871. The molecule has 2 fully saturated rings. The van der Waals surface area contributed by atoms with Crippen LogP contribution in [0.25, 0.3) is 0 Å². The Labute approximate surface area is 132 Å². The Bertz CT molecular complexity index is 420. The van der Waals surface area contributed by atoms with Crippen LogP contribution in [0.15, 0.2) is 12.7 Å². The number of ether oxygens (including phenoxy) is 2. The summed E-state index contributed by atoms with van der Waals surface area (Å²) < 4.78 is 10.8. The Morgan fingerprint density at radius 2 is 1.73 bits per heavy atom. The van der Waals surface area contributed by atoms with E-state index in [0.717, 1.165) is 32.1 Å². The van der Waals surface area contributed by atoms with Crippen LogP contribution in [-0.4, -0.2) is 24.4 Å². The van der Waals surface area contributed by atoms with Crippen molar-refractivity contribution in [2.24, 2.45) is 5.41 Å². The van der Waals surface area contributed by atoms with E-state index in [1.165, 1.54) is 19.8 Å². The molecule has 0 radical (unpaired) electrons. The van der Waals surface area contributed by atoms with Crippen molar-refractivity contribution < 1.29 is 19.1 Å². The highest BCUT2D eigenvalue weighted by Gasteiger charge is 2.40. The van der Waals surface area contributed by atoms with Gasteiger partial charge >= 0.3 is 12.1 Å². The van der Waals surface area contributed by atoms with Gasteiger partial charge in [0.2, 0.25) is 0 Å². The predicted molar refractivity (Wildman–Crippen MR) is 83.2 cm³/mol. The third kappa shape index (κ3) is 4.24. The Kier molecular flexibility index (Phi) is 5.48. The third-order valence-corrected chi connectivity index (χ3v) is 4.83. The summed E-state index contributed by atoms with van der Waals surface area (Å²) in [5.41, 5.74) is -0.826. The van der Waals surface area contributed by atoms with Gasteiger partial charge in [0.25, 0.3) is 0 Å². The van der Waals surface area contributed by atoms with Crippen LogP contribution in [0.3, 0.4) is 0 Å². The van der Waals surface area contributed by atoms with Crippen LogP contribution in [0, 0.1) is 5.41 Å². The van der Waals surface area contributed by atoms with E-state index >= 15 is 0 Å². The number of nitrogens with one attached hydrogen (secondary N) is 1. The minimum Gasteiger partial charge on any atom is -0.449 e. The topological polar surface area (TPSA) is 64.6 Å². The molecule has 2 saturated carbocycles. The van der Waals surface area contributed by atoms with Gasteiger partial charge in [-0.3, -0.25) is 10.1 Å². The average Bonchev–Trinajstić information content (AvgIpc) is 3.07. The van der Waals surface area contributed by atoms with Crippen LogP contribution < -0.4 is 5.32 Å². The Morgan fingerprint density at radius 1 is 1.14 bits per heavy atom. The van der Waals surface area contributed by atoms with Gasteiger partial charge < -0.3 is 9.47 Å². The molecule has 0 saturated heterocycles. The number of carbonyl (C=O) groups is 2. The van der Waals surface area contributed by atoms with Crippen LogP contribution in [0.4, 0.5) is 4.79 Å². The fraction of sp³-hybridized carbons (Fsp3) is 0.765. The minimum absolute atomic E-state index is 0.0450. The van der Waals surface area contributed by atoms with E-state index in [2.05, 4.69) is 11.9 Å². The quantitative estimate of drug-likeness (QED) is 0.462. The third-order valence-electron chi connectivity index (χ3n) is 4.83. The number of allylic oxidation sites excluding steroid dienone is 1. The molecule has 2 aliphatic rings. The molecule has 5 nitrogen and oxygen atoms in total. The highest BCUT2D eigenvalue weighted by atomic mass is 16.6. The lowest BCUT2D eigenvalue weighted by molar-refractivity contribution is -0.159. The number of hydrogen-bond acceptors (Lipinski definition) is 4. The predicted octanol–water partition coefficient (Wildman–Crippen LogP) is 3.68. The van der Waals surface area contributed by atoms with E-state index in [9.17, 15) is 9.59 Å². The maximum Gasteiger partial charge on any atom is 0.410 e. The molecular weight excluding hydrogens is 282 g/mol. The molecule has 124 valence electrons. The van der Waals surface area contributed by atoms with Crippen LogP contribution in [-0.2, 0) is 14.3 Å². The first-order valence-corrected chi connectivity index (χ1v) is 8.25. The van der Waals surface area contributed by atoms with Gasteiger partial charge in [-0.15, -0.1) is 6.58 Å².